The molecular weight excluding hydrogens is 482 g/mol. The fourth-order valence-corrected chi connectivity index (χ4v) is 7.64. The van der Waals surface area contributed by atoms with Crippen LogP contribution in [0.5, 0.6) is 0 Å². The topological polar surface area (TPSA) is 138 Å². The van der Waals surface area contributed by atoms with Crippen LogP contribution in [0.3, 0.4) is 0 Å². The SMILES string of the molecule is C#CCO[C@]12CS(=O)(=O)O[C@@]13[C@@H](CN2)O[C@@H](n1cc(C)c(=O)[nH]c1=O)[C@@H]3O[Si](C)(C)C(C)(C)C. The van der Waals surface area contributed by atoms with Gasteiger partial charge in [-0.1, -0.05) is 26.7 Å². The maximum Gasteiger partial charge on any atom is 0.330 e. The molecule has 3 aliphatic rings. The number of rotatable bonds is 5. The van der Waals surface area contributed by atoms with Crippen LogP contribution in [0.15, 0.2) is 15.8 Å². The van der Waals surface area contributed by atoms with Crippen molar-refractivity contribution in [2.45, 2.75) is 75.6 Å². The third-order valence-corrected chi connectivity index (χ3v) is 13.1. The zero-order chi connectivity index (χ0) is 25.3. The molecule has 34 heavy (non-hydrogen) atoms. The smallest absolute Gasteiger partial charge is 0.330 e. The van der Waals surface area contributed by atoms with E-state index < -0.39 is 65.2 Å². The average molecular weight is 514 g/mol. The minimum Gasteiger partial charge on any atom is -0.406 e. The van der Waals surface area contributed by atoms with Gasteiger partial charge in [-0.25, -0.2) is 4.79 Å². The normalized spacial score (nSPS) is 34.6. The summed E-state index contributed by atoms with van der Waals surface area (Å²) in [6.07, 6.45) is 3.83. The molecule has 0 radical (unpaired) electrons. The summed E-state index contributed by atoms with van der Waals surface area (Å²) in [6, 6.07) is 0. The average Bonchev–Trinajstić information content (AvgIpc) is 3.23. The number of aryl methyl sites for hydroxylation is 1. The third-order valence-electron chi connectivity index (χ3n) is 7.36. The van der Waals surface area contributed by atoms with Crippen molar-refractivity contribution in [2.75, 3.05) is 18.9 Å². The quantitative estimate of drug-likeness (QED) is 0.321. The van der Waals surface area contributed by atoms with Crippen molar-refractivity contribution >= 4 is 18.4 Å². The predicted octanol–water partition coefficient (Wildman–Crippen LogP) is 0.181. The standard InChI is InChI=1S/C21H31N3O8SSi/c1-8-9-29-20-12-33(27,28)32-21(20)14(10-22-20)30-17(15(21)31-34(6,7)19(3,4)5)24-11-13(2)16(25)23-18(24)26/h1,11,14-15,17,22H,9-10,12H2,2-7H3,(H,23,25,26)/t14-,15+,17-,20-,21-/m1/s1. The summed E-state index contributed by atoms with van der Waals surface area (Å²) in [4.78, 5) is 27.1. The molecule has 0 amide bonds. The minimum atomic E-state index is -4.06. The number of nitrogens with one attached hydrogen (secondary N) is 2. The number of hydrogen-bond donors (Lipinski definition) is 2. The van der Waals surface area contributed by atoms with E-state index in [0.717, 1.165) is 0 Å². The molecule has 3 fully saturated rings. The lowest BCUT2D eigenvalue weighted by Gasteiger charge is -2.45. The fourth-order valence-electron chi connectivity index (χ4n) is 4.64. The van der Waals surface area contributed by atoms with Gasteiger partial charge in [0.25, 0.3) is 15.7 Å². The van der Waals surface area contributed by atoms with Crippen molar-refractivity contribution in [2.24, 2.45) is 0 Å². The molecule has 2 N–H and O–H groups in total. The molecule has 0 bridgehead atoms. The summed E-state index contributed by atoms with van der Waals surface area (Å²) in [6.45, 7) is 11.7. The molecular formula is C21H31N3O8SSi. The molecule has 11 nitrogen and oxygen atoms in total. The summed E-state index contributed by atoms with van der Waals surface area (Å²) in [5.41, 5.74) is -4.10. The van der Waals surface area contributed by atoms with Crippen LogP contribution >= 0.6 is 0 Å². The molecule has 188 valence electrons. The Labute approximate surface area is 199 Å². The number of nitrogens with zero attached hydrogens (tertiary/aromatic N) is 1. The first-order valence-corrected chi connectivity index (χ1v) is 15.5. The van der Waals surface area contributed by atoms with Crippen molar-refractivity contribution < 1.29 is 26.5 Å². The van der Waals surface area contributed by atoms with Gasteiger partial charge in [0.05, 0.1) is 0 Å². The first-order valence-electron chi connectivity index (χ1n) is 11.0. The summed E-state index contributed by atoms with van der Waals surface area (Å²) in [7, 11) is -6.65. The van der Waals surface area contributed by atoms with Gasteiger partial charge in [-0.2, -0.15) is 8.42 Å². The highest BCUT2D eigenvalue weighted by atomic mass is 32.2. The molecule has 0 aromatic carbocycles. The summed E-state index contributed by atoms with van der Waals surface area (Å²) >= 11 is 0. The van der Waals surface area contributed by atoms with Gasteiger partial charge in [0.1, 0.15) is 24.6 Å². The molecule has 0 unspecified atom stereocenters. The summed E-state index contributed by atoms with van der Waals surface area (Å²) < 4.78 is 51.7. The Morgan fingerprint density at radius 1 is 1.35 bits per heavy atom. The predicted molar refractivity (Wildman–Crippen MR) is 125 cm³/mol. The van der Waals surface area contributed by atoms with Crippen molar-refractivity contribution in [1.29, 1.82) is 0 Å². The molecule has 5 atom stereocenters. The van der Waals surface area contributed by atoms with Crippen molar-refractivity contribution in [1.82, 2.24) is 14.9 Å². The van der Waals surface area contributed by atoms with Crippen LogP contribution in [0.4, 0.5) is 0 Å². The highest BCUT2D eigenvalue weighted by Gasteiger charge is 2.80. The van der Waals surface area contributed by atoms with E-state index >= 15 is 0 Å². The van der Waals surface area contributed by atoms with Crippen LogP contribution in [0, 0.1) is 19.3 Å². The fraction of sp³-hybridized carbons (Fsp3) is 0.714. The van der Waals surface area contributed by atoms with E-state index in [2.05, 4.69) is 16.2 Å². The molecule has 1 spiro atoms. The van der Waals surface area contributed by atoms with Crippen LogP contribution in [0.2, 0.25) is 18.1 Å². The molecule has 3 aliphatic heterocycles. The lowest BCUT2D eigenvalue weighted by molar-refractivity contribution is -0.162. The van der Waals surface area contributed by atoms with Crippen LogP contribution in [-0.4, -0.2) is 68.7 Å². The van der Waals surface area contributed by atoms with Gasteiger partial charge in [0.2, 0.25) is 0 Å². The van der Waals surface area contributed by atoms with Gasteiger partial charge in [0, 0.05) is 18.3 Å². The van der Waals surface area contributed by atoms with Gasteiger partial charge in [-0.05, 0) is 25.1 Å². The van der Waals surface area contributed by atoms with Crippen molar-refractivity contribution in [3.05, 3.63) is 32.6 Å². The van der Waals surface area contributed by atoms with E-state index in [4.69, 9.17) is 24.5 Å². The van der Waals surface area contributed by atoms with E-state index in [9.17, 15) is 18.0 Å². The number of terminal acetylenes is 1. The molecule has 1 aromatic rings. The van der Waals surface area contributed by atoms with Crippen LogP contribution in [-0.2, 0) is 28.2 Å². The van der Waals surface area contributed by atoms with Gasteiger partial charge in [-0.3, -0.25) is 23.8 Å². The molecule has 4 heterocycles. The van der Waals surface area contributed by atoms with Gasteiger partial charge < -0.3 is 13.9 Å². The Hall–Kier alpha value is -1.79. The Balaban J connectivity index is 1.93. The zero-order valence-corrected chi connectivity index (χ0v) is 21.9. The van der Waals surface area contributed by atoms with Crippen molar-refractivity contribution in [3.63, 3.8) is 0 Å². The lowest BCUT2D eigenvalue weighted by atomic mass is 9.85. The summed E-state index contributed by atoms with van der Waals surface area (Å²) in [5, 5.41) is 2.86. The van der Waals surface area contributed by atoms with Crippen LogP contribution in [0.25, 0.3) is 0 Å². The highest BCUT2D eigenvalue weighted by Crippen LogP contribution is 2.57. The molecule has 0 aliphatic carbocycles. The second-order valence-corrected chi connectivity index (χ2v) is 16.9. The van der Waals surface area contributed by atoms with E-state index in [0.29, 0.717) is 0 Å². The first-order chi connectivity index (χ1) is 15.6. The van der Waals surface area contributed by atoms with Crippen molar-refractivity contribution in [3.8, 4) is 12.3 Å². The van der Waals surface area contributed by atoms with Gasteiger partial charge >= 0.3 is 5.69 Å². The van der Waals surface area contributed by atoms with Gasteiger partial charge in [0.15, 0.2) is 25.9 Å². The summed E-state index contributed by atoms with van der Waals surface area (Å²) in [5.74, 6) is 1.88. The number of aromatic amines is 1. The Kier molecular flexibility index (Phi) is 5.85. The van der Waals surface area contributed by atoms with E-state index in [-0.39, 0.29) is 23.8 Å². The maximum absolute atomic E-state index is 12.9. The number of aromatic nitrogens is 2. The van der Waals surface area contributed by atoms with E-state index in [1.54, 1.807) is 6.92 Å². The molecule has 0 saturated carbocycles. The largest absolute Gasteiger partial charge is 0.406 e. The second-order valence-electron chi connectivity index (χ2n) is 10.6. The Morgan fingerprint density at radius 3 is 2.65 bits per heavy atom. The van der Waals surface area contributed by atoms with Gasteiger partial charge in [-0.15, -0.1) is 6.42 Å². The van der Waals surface area contributed by atoms with Crippen LogP contribution in [0.1, 0.15) is 32.6 Å². The number of hydrogen-bond acceptors (Lipinski definition) is 9. The monoisotopic (exact) mass is 513 g/mol. The number of H-pyrrole nitrogens is 1. The lowest BCUT2D eigenvalue weighted by Crippen LogP contribution is -2.66. The third kappa shape index (κ3) is 3.63. The van der Waals surface area contributed by atoms with E-state index in [1.807, 2.05) is 33.9 Å². The van der Waals surface area contributed by atoms with E-state index in [1.165, 1.54) is 10.8 Å². The molecule has 13 heteroatoms. The second kappa shape index (κ2) is 7.86. The Bertz CT molecular complexity index is 1260. The minimum absolute atomic E-state index is 0.171. The first kappa shape index (κ1) is 25.3. The molecule has 1 aromatic heterocycles. The number of ether oxygens (including phenoxy) is 2. The highest BCUT2D eigenvalue weighted by molar-refractivity contribution is 7.87. The van der Waals surface area contributed by atoms with Crippen LogP contribution < -0.4 is 16.6 Å². The molecule has 3 saturated heterocycles. The molecule has 4 rings (SSSR count). The maximum atomic E-state index is 12.9. The Morgan fingerprint density at radius 2 is 2.03 bits per heavy atom. The zero-order valence-electron chi connectivity index (χ0n) is 20.1.